The molecule has 1 spiro atoms. The lowest BCUT2D eigenvalue weighted by molar-refractivity contribution is -0.00926. The zero-order chi connectivity index (χ0) is 22.1. The average Bonchev–Trinajstić information content (AvgIpc) is 3.46. The number of benzene rings is 1. The summed E-state index contributed by atoms with van der Waals surface area (Å²) in [6.45, 7) is 1.26. The van der Waals surface area contributed by atoms with Crippen molar-refractivity contribution >= 4 is 23.2 Å². The van der Waals surface area contributed by atoms with E-state index in [1.165, 1.54) is 16.9 Å². The van der Waals surface area contributed by atoms with Crippen LogP contribution in [-0.4, -0.2) is 53.0 Å². The molecule has 0 radical (unpaired) electrons. The monoisotopic (exact) mass is 448 g/mol. The molecular formula is C24H24N4O3S. The lowest BCUT2D eigenvalue weighted by Crippen LogP contribution is -2.51. The molecule has 1 saturated heterocycles. The van der Waals surface area contributed by atoms with Gasteiger partial charge in [-0.25, -0.2) is 0 Å². The number of pyridine rings is 1. The molecule has 3 aromatic rings. The third kappa shape index (κ3) is 3.40. The van der Waals surface area contributed by atoms with Crippen LogP contribution in [0.5, 0.6) is 0 Å². The molecule has 2 aliphatic rings. The predicted molar refractivity (Wildman–Crippen MR) is 121 cm³/mol. The number of carbonyl (C=O) groups excluding carboxylic acids is 2. The topological polar surface area (TPSA) is 84.4 Å². The Labute approximate surface area is 190 Å². The van der Waals surface area contributed by atoms with Crippen LogP contribution >= 0.6 is 11.3 Å². The summed E-state index contributed by atoms with van der Waals surface area (Å²) in [4.78, 5) is 36.5. The van der Waals surface area contributed by atoms with Gasteiger partial charge in [0.05, 0.1) is 23.9 Å². The number of carbonyl (C=O) groups is 2. The van der Waals surface area contributed by atoms with Crippen LogP contribution in [-0.2, 0) is 10.2 Å². The van der Waals surface area contributed by atoms with Crippen molar-refractivity contribution in [3.8, 4) is 0 Å². The number of amides is 2. The van der Waals surface area contributed by atoms with Crippen molar-refractivity contribution in [3.05, 3.63) is 82.1 Å². The standard InChI is InChI=1S/C24H24N4O3S/c1-31-21-20(27-22(29)18-8-4-5-11-26-18)16-6-2-3-7-17(16)24(21)9-12-28(13-10-24)23(30)19-14-25-15-32-19/h2-8,11,14-15,20-21H,9-10,12-13H2,1H3,(H,27,29)/t20-,21+/m1/s1. The van der Waals surface area contributed by atoms with E-state index < -0.39 is 0 Å². The first-order valence-electron chi connectivity index (χ1n) is 10.7. The van der Waals surface area contributed by atoms with E-state index in [1.54, 1.807) is 43.2 Å². The SMILES string of the molecule is CO[C@H]1[C@H](NC(=O)c2ccccn2)c2ccccc2C12CCN(C(=O)c1cncs1)CC2. The fourth-order valence-electron chi connectivity index (χ4n) is 5.22. The smallest absolute Gasteiger partial charge is 0.270 e. The maximum absolute atomic E-state index is 12.9. The Balaban J connectivity index is 1.42. The van der Waals surface area contributed by atoms with Gasteiger partial charge >= 0.3 is 0 Å². The van der Waals surface area contributed by atoms with Crippen molar-refractivity contribution in [2.24, 2.45) is 0 Å². The summed E-state index contributed by atoms with van der Waals surface area (Å²) in [7, 11) is 1.70. The third-order valence-electron chi connectivity index (χ3n) is 6.70. The summed E-state index contributed by atoms with van der Waals surface area (Å²) in [6, 6.07) is 13.2. The van der Waals surface area contributed by atoms with Crippen LogP contribution in [0.25, 0.3) is 0 Å². The fourth-order valence-corrected chi connectivity index (χ4v) is 5.81. The Morgan fingerprint density at radius 2 is 1.94 bits per heavy atom. The van der Waals surface area contributed by atoms with Gasteiger partial charge in [0, 0.05) is 31.8 Å². The lowest BCUT2D eigenvalue weighted by atomic mass is 9.72. The molecule has 164 valence electrons. The molecule has 0 unspecified atom stereocenters. The number of piperidine rings is 1. The highest BCUT2D eigenvalue weighted by molar-refractivity contribution is 7.11. The highest BCUT2D eigenvalue weighted by Crippen LogP contribution is 2.52. The second-order valence-corrected chi connectivity index (χ2v) is 9.11. The van der Waals surface area contributed by atoms with Gasteiger partial charge in [-0.1, -0.05) is 30.3 Å². The molecule has 5 rings (SSSR count). The second-order valence-electron chi connectivity index (χ2n) is 8.22. The van der Waals surface area contributed by atoms with Gasteiger partial charge in [-0.05, 0) is 36.1 Å². The van der Waals surface area contributed by atoms with Crippen molar-refractivity contribution in [2.75, 3.05) is 20.2 Å². The van der Waals surface area contributed by atoms with E-state index in [0.29, 0.717) is 23.7 Å². The maximum atomic E-state index is 12.9. The summed E-state index contributed by atoms with van der Waals surface area (Å²) < 4.78 is 6.06. The highest BCUT2D eigenvalue weighted by atomic mass is 32.1. The number of rotatable bonds is 4. The number of aromatic nitrogens is 2. The molecule has 1 aromatic carbocycles. The molecule has 0 bridgehead atoms. The number of hydrogen-bond acceptors (Lipinski definition) is 6. The molecule has 2 aromatic heterocycles. The second kappa shape index (κ2) is 8.44. The van der Waals surface area contributed by atoms with E-state index in [-0.39, 0.29) is 29.4 Å². The van der Waals surface area contributed by atoms with Gasteiger partial charge in [0.15, 0.2) is 0 Å². The summed E-state index contributed by atoms with van der Waals surface area (Å²) in [5.74, 6) is -0.190. The molecule has 1 aliphatic carbocycles. The van der Waals surface area contributed by atoms with Crippen molar-refractivity contribution < 1.29 is 14.3 Å². The first-order chi connectivity index (χ1) is 15.6. The van der Waals surface area contributed by atoms with Gasteiger partial charge < -0.3 is 15.0 Å². The quantitative estimate of drug-likeness (QED) is 0.663. The molecule has 1 fully saturated rings. The van der Waals surface area contributed by atoms with Crippen molar-refractivity contribution in [2.45, 2.75) is 30.4 Å². The van der Waals surface area contributed by atoms with Crippen molar-refractivity contribution in [3.63, 3.8) is 0 Å². The van der Waals surface area contributed by atoms with Crippen molar-refractivity contribution in [1.82, 2.24) is 20.2 Å². The number of nitrogens with zero attached hydrogens (tertiary/aromatic N) is 3. The Kier molecular flexibility index (Phi) is 5.48. The van der Waals surface area contributed by atoms with E-state index in [9.17, 15) is 9.59 Å². The Morgan fingerprint density at radius 1 is 1.16 bits per heavy atom. The molecule has 7 nitrogen and oxygen atoms in total. The number of ether oxygens (including phenoxy) is 1. The molecule has 3 heterocycles. The van der Waals surface area contributed by atoms with Crippen LogP contribution in [0.3, 0.4) is 0 Å². The summed E-state index contributed by atoms with van der Waals surface area (Å²) >= 11 is 1.37. The van der Waals surface area contributed by atoms with Crippen LogP contribution in [0.15, 0.2) is 60.4 Å². The zero-order valence-corrected chi connectivity index (χ0v) is 18.5. The lowest BCUT2D eigenvalue weighted by Gasteiger charge is -2.44. The maximum Gasteiger partial charge on any atom is 0.270 e. The summed E-state index contributed by atoms with van der Waals surface area (Å²) in [5.41, 5.74) is 4.07. The molecule has 32 heavy (non-hydrogen) atoms. The van der Waals surface area contributed by atoms with Crippen molar-refractivity contribution in [1.29, 1.82) is 0 Å². The molecule has 2 atom stereocenters. The predicted octanol–water partition coefficient (Wildman–Crippen LogP) is 3.21. The Bertz CT molecular complexity index is 1110. The van der Waals surface area contributed by atoms with Gasteiger partial charge in [-0.2, -0.15) is 0 Å². The number of hydrogen-bond donors (Lipinski definition) is 1. The van der Waals surface area contributed by atoms with Gasteiger partial charge in [-0.15, -0.1) is 11.3 Å². The number of likely N-dealkylation sites (tertiary alicyclic amines) is 1. The zero-order valence-electron chi connectivity index (χ0n) is 17.7. The number of fused-ring (bicyclic) bond motifs is 2. The number of nitrogens with one attached hydrogen (secondary N) is 1. The third-order valence-corrected chi connectivity index (χ3v) is 7.46. The largest absolute Gasteiger partial charge is 0.378 e. The van der Waals surface area contributed by atoms with E-state index in [0.717, 1.165) is 18.4 Å². The minimum absolute atomic E-state index is 0.0302. The molecule has 0 saturated carbocycles. The van der Waals surface area contributed by atoms with Gasteiger partial charge in [0.2, 0.25) is 0 Å². The first-order valence-corrected chi connectivity index (χ1v) is 11.5. The Morgan fingerprint density at radius 3 is 2.62 bits per heavy atom. The van der Waals surface area contributed by atoms with Crippen LogP contribution in [0.2, 0.25) is 0 Å². The van der Waals surface area contributed by atoms with Crippen LogP contribution in [0.1, 0.15) is 50.2 Å². The van der Waals surface area contributed by atoms with Gasteiger partial charge in [0.25, 0.3) is 11.8 Å². The van der Waals surface area contributed by atoms with Gasteiger partial charge in [0.1, 0.15) is 10.6 Å². The minimum Gasteiger partial charge on any atom is -0.378 e. The van der Waals surface area contributed by atoms with Gasteiger partial charge in [-0.3, -0.25) is 19.6 Å². The summed E-state index contributed by atoms with van der Waals surface area (Å²) in [5, 5.41) is 3.17. The minimum atomic E-state index is -0.283. The van der Waals surface area contributed by atoms with E-state index in [4.69, 9.17) is 4.74 Å². The molecule has 8 heteroatoms. The molecule has 2 amide bonds. The first kappa shape index (κ1) is 20.8. The molecule has 1 N–H and O–H groups in total. The summed E-state index contributed by atoms with van der Waals surface area (Å²) in [6.07, 6.45) is 4.55. The average molecular weight is 449 g/mol. The fraction of sp³-hybridized carbons (Fsp3) is 0.333. The number of methoxy groups -OCH3 is 1. The number of thiazole rings is 1. The molecular weight excluding hydrogens is 424 g/mol. The molecule has 1 aliphatic heterocycles. The van der Waals surface area contributed by atoms with E-state index in [2.05, 4.69) is 27.4 Å². The van der Waals surface area contributed by atoms with Crippen LogP contribution < -0.4 is 5.32 Å². The van der Waals surface area contributed by atoms with E-state index in [1.807, 2.05) is 17.0 Å². The van der Waals surface area contributed by atoms with Crippen LogP contribution in [0.4, 0.5) is 0 Å². The van der Waals surface area contributed by atoms with E-state index >= 15 is 0 Å². The van der Waals surface area contributed by atoms with Crippen LogP contribution in [0, 0.1) is 0 Å². The highest BCUT2D eigenvalue weighted by Gasteiger charge is 2.54. The Hall–Kier alpha value is -3.10. The normalized spacial score (nSPS) is 21.3.